The number of hydrogen-bond acceptors (Lipinski definition) is 4. The van der Waals surface area contributed by atoms with Gasteiger partial charge in [-0.1, -0.05) is 30.3 Å². The van der Waals surface area contributed by atoms with Gasteiger partial charge >= 0.3 is 0 Å². The van der Waals surface area contributed by atoms with Crippen molar-refractivity contribution in [3.05, 3.63) is 65.9 Å². The van der Waals surface area contributed by atoms with Gasteiger partial charge in [-0.05, 0) is 42.8 Å². The van der Waals surface area contributed by atoms with Crippen molar-refractivity contribution in [2.75, 3.05) is 49.6 Å². The summed E-state index contributed by atoms with van der Waals surface area (Å²) in [5.41, 5.74) is 6.65. The molecule has 0 radical (unpaired) electrons. The van der Waals surface area contributed by atoms with E-state index >= 15 is 0 Å². The van der Waals surface area contributed by atoms with E-state index in [1.807, 2.05) is 6.20 Å². The highest BCUT2D eigenvalue weighted by molar-refractivity contribution is 5.95. The fourth-order valence-corrected chi connectivity index (χ4v) is 4.37. The minimum absolute atomic E-state index is 0.976. The molecule has 0 unspecified atom stereocenters. The summed E-state index contributed by atoms with van der Waals surface area (Å²) in [6.07, 6.45) is 3.08. The molecule has 4 heteroatoms. The summed E-state index contributed by atoms with van der Waals surface area (Å²) in [6.45, 7) is 6.47. The predicted molar refractivity (Wildman–Crippen MR) is 113 cm³/mol. The van der Waals surface area contributed by atoms with Crippen molar-refractivity contribution in [1.82, 2.24) is 9.88 Å². The molecule has 3 heterocycles. The predicted octanol–water partition coefficient (Wildman–Crippen LogP) is 3.55. The lowest BCUT2D eigenvalue weighted by Gasteiger charge is -2.34. The Hall–Kier alpha value is -2.59. The molecule has 0 spiro atoms. The zero-order chi connectivity index (χ0) is 18.2. The van der Waals surface area contributed by atoms with E-state index in [4.69, 9.17) is 0 Å². The van der Waals surface area contributed by atoms with E-state index in [0.717, 1.165) is 51.2 Å². The van der Waals surface area contributed by atoms with E-state index in [1.54, 1.807) is 0 Å². The maximum absolute atomic E-state index is 4.68. The molecule has 2 aromatic carbocycles. The van der Waals surface area contributed by atoms with Gasteiger partial charge in [0.05, 0.1) is 5.52 Å². The molecule has 4 nitrogen and oxygen atoms in total. The van der Waals surface area contributed by atoms with Gasteiger partial charge < -0.3 is 14.7 Å². The number of hydrogen-bond donors (Lipinski definition) is 0. The largest absolute Gasteiger partial charge is 0.368 e. The van der Waals surface area contributed by atoms with Crippen LogP contribution >= 0.6 is 0 Å². The summed E-state index contributed by atoms with van der Waals surface area (Å²) in [5.74, 6) is 0. The first-order valence-corrected chi connectivity index (χ1v) is 9.92. The number of anilines is 2. The van der Waals surface area contributed by atoms with Crippen LogP contribution in [-0.4, -0.2) is 49.7 Å². The van der Waals surface area contributed by atoms with Gasteiger partial charge in [0.15, 0.2) is 0 Å². The van der Waals surface area contributed by atoms with Crippen LogP contribution in [0.2, 0.25) is 0 Å². The molecule has 1 fully saturated rings. The van der Waals surface area contributed by atoms with E-state index in [2.05, 4.69) is 75.3 Å². The lowest BCUT2D eigenvalue weighted by molar-refractivity contribution is 0.313. The number of pyridine rings is 1. The Morgan fingerprint density at radius 1 is 0.889 bits per heavy atom. The van der Waals surface area contributed by atoms with E-state index in [1.165, 1.54) is 27.9 Å². The average Bonchev–Trinajstić information content (AvgIpc) is 3.09. The zero-order valence-corrected chi connectivity index (χ0v) is 15.9. The van der Waals surface area contributed by atoms with E-state index in [-0.39, 0.29) is 0 Å². The van der Waals surface area contributed by atoms with Crippen molar-refractivity contribution >= 4 is 22.3 Å². The Balaban J connectivity index is 1.51. The molecular formula is C23H26N4. The molecule has 27 heavy (non-hydrogen) atoms. The standard InChI is InChI=1S/C23H26N4/c1-25-11-13-26(14-12-25)22-7-9-24-21-15-19-8-10-27(23(19)16-20(21)22)17-18-5-3-2-4-6-18/h2-7,9,15-16H,8,10-14,17H2,1H3. The Bertz CT molecular complexity index is 945. The van der Waals surface area contributed by atoms with Gasteiger partial charge in [0.25, 0.3) is 0 Å². The second-order valence-electron chi connectivity index (χ2n) is 7.78. The lowest BCUT2D eigenvalue weighted by Crippen LogP contribution is -2.44. The fraction of sp³-hybridized carbons (Fsp3) is 0.348. The highest BCUT2D eigenvalue weighted by atomic mass is 15.2. The number of piperazine rings is 1. The molecule has 5 rings (SSSR count). The monoisotopic (exact) mass is 358 g/mol. The van der Waals surface area contributed by atoms with Gasteiger partial charge in [-0.2, -0.15) is 0 Å². The van der Waals surface area contributed by atoms with Crippen molar-refractivity contribution < 1.29 is 0 Å². The van der Waals surface area contributed by atoms with Crippen molar-refractivity contribution in [3.63, 3.8) is 0 Å². The van der Waals surface area contributed by atoms with Crippen LogP contribution in [0, 0.1) is 0 Å². The molecule has 0 N–H and O–H groups in total. The summed E-state index contributed by atoms with van der Waals surface area (Å²) in [5, 5.41) is 1.29. The summed E-state index contributed by atoms with van der Waals surface area (Å²) < 4.78 is 0. The van der Waals surface area contributed by atoms with Gasteiger partial charge in [-0.25, -0.2) is 0 Å². The topological polar surface area (TPSA) is 22.6 Å². The van der Waals surface area contributed by atoms with Crippen LogP contribution in [0.1, 0.15) is 11.1 Å². The Morgan fingerprint density at radius 2 is 1.70 bits per heavy atom. The third kappa shape index (κ3) is 3.15. The van der Waals surface area contributed by atoms with Crippen LogP contribution in [0.4, 0.5) is 11.4 Å². The molecular weight excluding hydrogens is 332 g/mol. The van der Waals surface area contributed by atoms with Crippen molar-refractivity contribution in [2.24, 2.45) is 0 Å². The molecule has 2 aliphatic heterocycles. The first-order chi connectivity index (χ1) is 13.3. The SMILES string of the molecule is CN1CCN(c2ccnc3cc4c(cc23)N(Cc2ccccc2)CC4)CC1. The van der Waals surface area contributed by atoms with Gasteiger partial charge in [0, 0.05) is 62.2 Å². The van der Waals surface area contributed by atoms with Crippen LogP contribution in [0.25, 0.3) is 10.9 Å². The molecule has 1 aromatic heterocycles. The summed E-state index contributed by atoms with van der Waals surface area (Å²) in [6, 6.07) is 17.7. The quantitative estimate of drug-likeness (QED) is 0.714. The van der Waals surface area contributed by atoms with E-state index in [0.29, 0.717) is 0 Å². The van der Waals surface area contributed by atoms with Crippen LogP contribution in [0.15, 0.2) is 54.7 Å². The maximum atomic E-state index is 4.68. The third-order valence-electron chi connectivity index (χ3n) is 5.97. The van der Waals surface area contributed by atoms with E-state index < -0.39 is 0 Å². The highest BCUT2D eigenvalue weighted by Crippen LogP contribution is 2.36. The Kier molecular flexibility index (Phi) is 4.21. The van der Waals surface area contributed by atoms with Crippen LogP contribution in [0.3, 0.4) is 0 Å². The number of aromatic nitrogens is 1. The average molecular weight is 358 g/mol. The third-order valence-corrected chi connectivity index (χ3v) is 5.97. The molecule has 0 bridgehead atoms. The zero-order valence-electron chi connectivity index (χ0n) is 15.9. The molecule has 0 saturated carbocycles. The first kappa shape index (κ1) is 16.6. The summed E-state index contributed by atoms with van der Waals surface area (Å²) in [4.78, 5) is 12.1. The number of nitrogens with zero attached hydrogens (tertiary/aromatic N) is 4. The van der Waals surface area contributed by atoms with Crippen molar-refractivity contribution in [3.8, 4) is 0 Å². The number of fused-ring (bicyclic) bond motifs is 2. The minimum atomic E-state index is 0.976. The Labute approximate surface area is 161 Å². The smallest absolute Gasteiger partial charge is 0.0727 e. The van der Waals surface area contributed by atoms with Gasteiger partial charge in [-0.3, -0.25) is 4.98 Å². The normalized spacial score (nSPS) is 17.5. The molecule has 0 atom stereocenters. The van der Waals surface area contributed by atoms with E-state index in [9.17, 15) is 0 Å². The van der Waals surface area contributed by atoms with Crippen LogP contribution in [-0.2, 0) is 13.0 Å². The highest BCUT2D eigenvalue weighted by Gasteiger charge is 2.22. The van der Waals surface area contributed by atoms with Gasteiger partial charge in [-0.15, -0.1) is 0 Å². The van der Waals surface area contributed by atoms with Gasteiger partial charge in [0.1, 0.15) is 0 Å². The maximum Gasteiger partial charge on any atom is 0.0727 e. The molecule has 3 aromatic rings. The van der Waals surface area contributed by atoms with Crippen molar-refractivity contribution in [2.45, 2.75) is 13.0 Å². The molecule has 0 aliphatic carbocycles. The second kappa shape index (κ2) is 6.86. The minimum Gasteiger partial charge on any atom is -0.368 e. The number of likely N-dealkylation sites (N-methyl/N-ethyl adjacent to an activating group) is 1. The Morgan fingerprint density at radius 3 is 2.52 bits per heavy atom. The van der Waals surface area contributed by atoms with Crippen molar-refractivity contribution in [1.29, 1.82) is 0 Å². The molecule has 138 valence electrons. The molecule has 2 aliphatic rings. The number of rotatable bonds is 3. The van der Waals surface area contributed by atoms with Crippen LogP contribution < -0.4 is 9.80 Å². The first-order valence-electron chi connectivity index (χ1n) is 9.92. The fourth-order valence-electron chi connectivity index (χ4n) is 4.37. The summed E-state index contributed by atoms with van der Waals surface area (Å²) in [7, 11) is 2.20. The second-order valence-corrected chi connectivity index (χ2v) is 7.78. The molecule has 0 amide bonds. The van der Waals surface area contributed by atoms with Gasteiger partial charge in [0.2, 0.25) is 0 Å². The number of benzene rings is 2. The molecule has 1 saturated heterocycles. The summed E-state index contributed by atoms with van der Waals surface area (Å²) >= 11 is 0. The van der Waals surface area contributed by atoms with Crippen LogP contribution in [0.5, 0.6) is 0 Å². The lowest BCUT2D eigenvalue weighted by atomic mass is 10.1.